The number of anilines is 1. The lowest BCUT2D eigenvalue weighted by Crippen LogP contribution is -2.00. The average molecular weight is 330 g/mol. The average Bonchev–Trinajstić information content (AvgIpc) is 2.61. The number of nitriles is 1. The van der Waals surface area contributed by atoms with Crippen molar-refractivity contribution in [3.05, 3.63) is 75.8 Å². The molecule has 6 heteroatoms. The monoisotopic (exact) mass is 330 g/mol. The van der Waals surface area contributed by atoms with Gasteiger partial charge in [0.25, 0.3) is 5.69 Å². The highest BCUT2D eigenvalue weighted by Crippen LogP contribution is 2.33. The number of pyridine rings is 1. The van der Waals surface area contributed by atoms with Gasteiger partial charge in [-0.3, -0.25) is 10.1 Å². The Morgan fingerprint density at radius 3 is 2.40 bits per heavy atom. The second kappa shape index (κ2) is 6.42. The van der Waals surface area contributed by atoms with E-state index in [4.69, 9.17) is 5.73 Å². The quantitative estimate of drug-likeness (QED) is 0.575. The fraction of sp³-hybridized carbons (Fsp3) is 0.0526. The van der Waals surface area contributed by atoms with Gasteiger partial charge in [0.05, 0.1) is 10.6 Å². The Kier molecular flexibility index (Phi) is 4.14. The molecule has 0 saturated carbocycles. The van der Waals surface area contributed by atoms with Crippen molar-refractivity contribution in [2.24, 2.45) is 0 Å². The smallest absolute Gasteiger partial charge is 0.269 e. The third-order valence-electron chi connectivity index (χ3n) is 3.97. The van der Waals surface area contributed by atoms with Crippen LogP contribution >= 0.6 is 0 Å². The van der Waals surface area contributed by atoms with Crippen LogP contribution in [0.4, 0.5) is 11.5 Å². The van der Waals surface area contributed by atoms with Gasteiger partial charge < -0.3 is 5.73 Å². The predicted octanol–water partition coefficient (Wildman–Crippen LogP) is 4.09. The Hall–Kier alpha value is -3.72. The molecule has 0 aliphatic carbocycles. The molecular formula is C19H14N4O2. The molecule has 1 heterocycles. The summed E-state index contributed by atoms with van der Waals surface area (Å²) in [6, 6.07) is 17.7. The number of aryl methyl sites for hydroxylation is 1. The summed E-state index contributed by atoms with van der Waals surface area (Å²) in [5, 5.41) is 20.3. The number of nitro groups is 1. The molecule has 2 N–H and O–H groups in total. The Morgan fingerprint density at radius 1 is 1.12 bits per heavy atom. The summed E-state index contributed by atoms with van der Waals surface area (Å²) in [5.74, 6) is 0.136. The molecule has 2 aromatic carbocycles. The van der Waals surface area contributed by atoms with Gasteiger partial charge in [-0.15, -0.1) is 0 Å². The minimum atomic E-state index is -0.455. The Morgan fingerprint density at radius 2 is 1.80 bits per heavy atom. The molecule has 3 rings (SSSR count). The molecule has 0 radical (unpaired) electrons. The van der Waals surface area contributed by atoms with Crippen LogP contribution in [0.2, 0.25) is 0 Å². The van der Waals surface area contributed by atoms with Crippen molar-refractivity contribution in [2.75, 3.05) is 5.73 Å². The first-order valence-corrected chi connectivity index (χ1v) is 7.52. The Balaban J connectivity index is 2.19. The van der Waals surface area contributed by atoms with Gasteiger partial charge in [-0.25, -0.2) is 4.98 Å². The second-order valence-electron chi connectivity index (χ2n) is 5.55. The molecule has 0 spiro atoms. The number of non-ortho nitro benzene ring substituents is 1. The van der Waals surface area contributed by atoms with E-state index >= 15 is 0 Å². The molecule has 0 aliphatic heterocycles. The van der Waals surface area contributed by atoms with Crippen LogP contribution < -0.4 is 5.73 Å². The zero-order chi connectivity index (χ0) is 18.0. The first-order valence-electron chi connectivity index (χ1n) is 7.52. The summed E-state index contributed by atoms with van der Waals surface area (Å²) in [6.45, 7) is 1.96. The number of nitrogens with two attached hydrogens (primary N) is 1. The van der Waals surface area contributed by atoms with Crippen molar-refractivity contribution in [3.63, 3.8) is 0 Å². The van der Waals surface area contributed by atoms with Crippen molar-refractivity contribution in [1.82, 2.24) is 4.98 Å². The molecule has 0 fully saturated rings. The molecule has 122 valence electrons. The van der Waals surface area contributed by atoms with Crippen molar-refractivity contribution in [2.45, 2.75) is 6.92 Å². The highest BCUT2D eigenvalue weighted by Gasteiger charge is 2.15. The minimum Gasteiger partial charge on any atom is -0.383 e. The van der Waals surface area contributed by atoms with E-state index in [9.17, 15) is 15.4 Å². The van der Waals surface area contributed by atoms with E-state index in [1.54, 1.807) is 18.2 Å². The van der Waals surface area contributed by atoms with Gasteiger partial charge in [0, 0.05) is 23.3 Å². The van der Waals surface area contributed by atoms with Crippen molar-refractivity contribution >= 4 is 11.5 Å². The number of nitro benzene ring substituents is 1. The van der Waals surface area contributed by atoms with Gasteiger partial charge in [0.1, 0.15) is 17.5 Å². The summed E-state index contributed by atoms with van der Waals surface area (Å²) in [6.07, 6.45) is 0. The molecule has 6 nitrogen and oxygen atoms in total. The summed E-state index contributed by atoms with van der Waals surface area (Å²) in [7, 11) is 0. The number of nitrogens with zero attached hydrogens (tertiary/aromatic N) is 3. The number of benzene rings is 2. The molecule has 0 aliphatic rings. The maximum atomic E-state index is 10.8. The third-order valence-corrected chi connectivity index (χ3v) is 3.97. The first kappa shape index (κ1) is 16.1. The van der Waals surface area contributed by atoms with E-state index in [-0.39, 0.29) is 11.5 Å². The Labute approximate surface area is 144 Å². The van der Waals surface area contributed by atoms with Gasteiger partial charge in [-0.05, 0) is 36.2 Å². The summed E-state index contributed by atoms with van der Waals surface area (Å²) >= 11 is 0. The lowest BCUT2D eigenvalue weighted by Gasteiger charge is -2.12. The Bertz CT molecular complexity index is 1000. The normalized spacial score (nSPS) is 10.2. The maximum Gasteiger partial charge on any atom is 0.269 e. The van der Waals surface area contributed by atoms with Crippen LogP contribution in [0, 0.1) is 28.4 Å². The molecule has 0 amide bonds. The van der Waals surface area contributed by atoms with E-state index in [1.807, 2.05) is 31.2 Å². The van der Waals surface area contributed by atoms with E-state index in [0.29, 0.717) is 22.4 Å². The number of nitrogen functional groups attached to an aromatic ring is 1. The van der Waals surface area contributed by atoms with Crippen LogP contribution in [-0.4, -0.2) is 9.91 Å². The number of hydrogen-bond acceptors (Lipinski definition) is 5. The molecule has 0 unspecified atom stereocenters. The fourth-order valence-corrected chi connectivity index (χ4v) is 2.67. The topological polar surface area (TPSA) is 106 Å². The number of aromatic nitrogens is 1. The standard InChI is InChI=1S/C19H14N4O2/c1-12-4-2-3-5-15(12)16-10-18(22-19(21)17(16)11-20)13-6-8-14(9-7-13)23(24)25/h2-10H,1H3,(H2,21,22). The van der Waals surface area contributed by atoms with Gasteiger partial charge in [0.2, 0.25) is 0 Å². The van der Waals surface area contributed by atoms with Crippen LogP contribution in [0.3, 0.4) is 0 Å². The van der Waals surface area contributed by atoms with Gasteiger partial charge in [-0.1, -0.05) is 24.3 Å². The lowest BCUT2D eigenvalue weighted by atomic mass is 9.95. The molecule has 25 heavy (non-hydrogen) atoms. The third kappa shape index (κ3) is 3.03. The van der Waals surface area contributed by atoms with E-state index < -0.39 is 4.92 Å². The van der Waals surface area contributed by atoms with Gasteiger partial charge >= 0.3 is 0 Å². The van der Waals surface area contributed by atoms with E-state index in [1.165, 1.54) is 12.1 Å². The predicted molar refractivity (Wildman–Crippen MR) is 95.6 cm³/mol. The first-order chi connectivity index (χ1) is 12.0. The molecule has 3 aromatic rings. The zero-order valence-corrected chi connectivity index (χ0v) is 13.4. The molecular weight excluding hydrogens is 316 g/mol. The fourth-order valence-electron chi connectivity index (χ4n) is 2.67. The number of hydrogen-bond donors (Lipinski definition) is 1. The van der Waals surface area contributed by atoms with Crippen LogP contribution in [0.15, 0.2) is 54.6 Å². The SMILES string of the molecule is Cc1ccccc1-c1cc(-c2ccc([N+](=O)[O-])cc2)nc(N)c1C#N. The van der Waals surface area contributed by atoms with Crippen LogP contribution in [-0.2, 0) is 0 Å². The molecule has 0 bridgehead atoms. The lowest BCUT2D eigenvalue weighted by molar-refractivity contribution is -0.384. The second-order valence-corrected chi connectivity index (χ2v) is 5.55. The van der Waals surface area contributed by atoms with Gasteiger partial charge in [-0.2, -0.15) is 5.26 Å². The van der Waals surface area contributed by atoms with Crippen molar-refractivity contribution in [3.8, 4) is 28.5 Å². The molecule has 0 saturated heterocycles. The van der Waals surface area contributed by atoms with Crippen molar-refractivity contribution < 1.29 is 4.92 Å². The summed E-state index contributed by atoms with van der Waals surface area (Å²) < 4.78 is 0. The largest absolute Gasteiger partial charge is 0.383 e. The number of rotatable bonds is 3. The maximum absolute atomic E-state index is 10.8. The van der Waals surface area contributed by atoms with E-state index in [0.717, 1.165) is 11.1 Å². The highest BCUT2D eigenvalue weighted by molar-refractivity contribution is 5.81. The summed E-state index contributed by atoms with van der Waals surface area (Å²) in [5.41, 5.74) is 10.2. The van der Waals surface area contributed by atoms with Gasteiger partial charge in [0.15, 0.2) is 0 Å². The van der Waals surface area contributed by atoms with Crippen LogP contribution in [0.5, 0.6) is 0 Å². The highest BCUT2D eigenvalue weighted by atomic mass is 16.6. The molecule has 0 atom stereocenters. The molecule has 1 aromatic heterocycles. The van der Waals surface area contributed by atoms with Crippen LogP contribution in [0.1, 0.15) is 11.1 Å². The van der Waals surface area contributed by atoms with Crippen LogP contribution in [0.25, 0.3) is 22.4 Å². The van der Waals surface area contributed by atoms with Crippen molar-refractivity contribution in [1.29, 1.82) is 5.26 Å². The minimum absolute atomic E-state index is 0.00416. The van der Waals surface area contributed by atoms with E-state index in [2.05, 4.69) is 11.1 Å². The summed E-state index contributed by atoms with van der Waals surface area (Å²) in [4.78, 5) is 14.6. The zero-order valence-electron chi connectivity index (χ0n) is 13.4.